The van der Waals surface area contributed by atoms with Crippen LogP contribution in [0.25, 0.3) is 0 Å². The Morgan fingerprint density at radius 2 is 2.00 bits per heavy atom. The Balaban J connectivity index is 1.63. The summed E-state index contributed by atoms with van der Waals surface area (Å²) in [5.74, 6) is -0.0364. The molecular weight excluding hydrogens is 390 g/mol. The van der Waals surface area contributed by atoms with Gasteiger partial charge >= 0.3 is 0 Å². The van der Waals surface area contributed by atoms with Gasteiger partial charge < -0.3 is 9.80 Å². The number of carbonyl (C=O) groups excluding carboxylic acids is 2. The fourth-order valence-electron chi connectivity index (χ4n) is 4.53. The highest BCUT2D eigenvalue weighted by Gasteiger charge is 2.30. The number of hydrogen-bond acceptors (Lipinski definition) is 4. The number of anilines is 1. The highest BCUT2D eigenvalue weighted by molar-refractivity contribution is 7.89. The molecule has 2 heterocycles. The van der Waals surface area contributed by atoms with Crippen molar-refractivity contribution in [2.75, 3.05) is 18.0 Å². The van der Waals surface area contributed by atoms with Crippen molar-refractivity contribution in [3.05, 3.63) is 23.8 Å². The Kier molecular flexibility index (Phi) is 6.63. The summed E-state index contributed by atoms with van der Waals surface area (Å²) in [6.45, 7) is 6.39. The summed E-state index contributed by atoms with van der Waals surface area (Å²) < 4.78 is 27.9. The molecule has 8 heteroatoms. The smallest absolute Gasteiger partial charge is 0.240 e. The van der Waals surface area contributed by atoms with E-state index >= 15 is 0 Å². The largest absolute Gasteiger partial charge is 0.340 e. The van der Waals surface area contributed by atoms with E-state index in [0.717, 1.165) is 43.5 Å². The lowest BCUT2D eigenvalue weighted by atomic mass is 9.99. The number of likely N-dealkylation sites (tertiary alicyclic amines) is 1. The molecule has 1 aromatic rings. The van der Waals surface area contributed by atoms with E-state index in [1.54, 1.807) is 17.0 Å². The summed E-state index contributed by atoms with van der Waals surface area (Å²) in [7, 11) is -3.71. The third-order valence-electron chi connectivity index (χ3n) is 5.97. The molecule has 0 radical (unpaired) electrons. The van der Waals surface area contributed by atoms with Gasteiger partial charge in [-0.2, -0.15) is 0 Å². The van der Waals surface area contributed by atoms with E-state index in [0.29, 0.717) is 6.42 Å². The number of hydrogen-bond donors (Lipinski definition) is 1. The average Bonchev–Trinajstić information content (AvgIpc) is 3.02. The van der Waals surface area contributed by atoms with Crippen molar-refractivity contribution in [1.82, 2.24) is 9.62 Å². The van der Waals surface area contributed by atoms with Gasteiger partial charge in [0.25, 0.3) is 0 Å². The number of fused-ring (bicyclic) bond motifs is 1. The SMILES string of the molecule is CC[C@H]1CCCCN1C(=O)CCNS(=O)(=O)c1ccc2c(c1)C[C@@H](C)N2C(C)=O. The monoisotopic (exact) mass is 421 g/mol. The molecule has 1 N–H and O–H groups in total. The van der Waals surface area contributed by atoms with Gasteiger partial charge in [-0.05, 0) is 62.8 Å². The van der Waals surface area contributed by atoms with Crippen LogP contribution in [0.1, 0.15) is 58.4 Å². The molecule has 29 heavy (non-hydrogen) atoms. The highest BCUT2D eigenvalue weighted by atomic mass is 32.2. The fourth-order valence-corrected chi connectivity index (χ4v) is 5.61. The van der Waals surface area contributed by atoms with Crippen LogP contribution >= 0.6 is 0 Å². The van der Waals surface area contributed by atoms with Gasteiger partial charge in [-0.3, -0.25) is 9.59 Å². The van der Waals surface area contributed by atoms with Crippen LogP contribution in [0.3, 0.4) is 0 Å². The zero-order valence-electron chi connectivity index (χ0n) is 17.5. The van der Waals surface area contributed by atoms with Crippen molar-refractivity contribution in [1.29, 1.82) is 0 Å². The molecular formula is C21H31N3O4S. The van der Waals surface area contributed by atoms with Gasteiger partial charge in [0.05, 0.1) is 4.90 Å². The lowest BCUT2D eigenvalue weighted by Gasteiger charge is -2.35. The van der Waals surface area contributed by atoms with E-state index in [1.807, 2.05) is 11.8 Å². The Hall–Kier alpha value is -1.93. The van der Waals surface area contributed by atoms with Crippen LogP contribution in [-0.2, 0) is 26.0 Å². The maximum absolute atomic E-state index is 12.7. The van der Waals surface area contributed by atoms with Crippen LogP contribution in [-0.4, -0.2) is 50.3 Å². The fraction of sp³-hybridized carbons (Fsp3) is 0.619. The first kappa shape index (κ1) is 21.8. The predicted octanol–water partition coefficient (Wildman–Crippen LogP) is 2.44. The van der Waals surface area contributed by atoms with Gasteiger partial charge in [-0.1, -0.05) is 6.92 Å². The van der Waals surface area contributed by atoms with Crippen LogP contribution in [0.2, 0.25) is 0 Å². The van der Waals surface area contributed by atoms with Gasteiger partial charge in [0, 0.05) is 44.2 Å². The Morgan fingerprint density at radius 3 is 2.69 bits per heavy atom. The summed E-state index contributed by atoms with van der Waals surface area (Å²) in [5, 5.41) is 0. The number of sulfonamides is 1. The summed E-state index contributed by atoms with van der Waals surface area (Å²) in [6.07, 6.45) is 4.91. The second-order valence-electron chi connectivity index (χ2n) is 8.03. The van der Waals surface area contributed by atoms with Gasteiger partial charge in [0.15, 0.2) is 0 Å². The molecule has 2 aliphatic heterocycles. The van der Waals surface area contributed by atoms with E-state index in [2.05, 4.69) is 11.6 Å². The summed E-state index contributed by atoms with van der Waals surface area (Å²) in [4.78, 5) is 28.1. The molecule has 0 unspecified atom stereocenters. The van der Waals surface area contributed by atoms with Crippen molar-refractivity contribution >= 4 is 27.5 Å². The minimum atomic E-state index is -3.71. The van der Waals surface area contributed by atoms with Crippen molar-refractivity contribution in [2.45, 2.75) is 76.3 Å². The Bertz CT molecular complexity index is 884. The van der Waals surface area contributed by atoms with Crippen molar-refractivity contribution < 1.29 is 18.0 Å². The van der Waals surface area contributed by atoms with Gasteiger partial charge in [-0.25, -0.2) is 13.1 Å². The number of piperidine rings is 1. The molecule has 0 bridgehead atoms. The van der Waals surface area contributed by atoms with E-state index in [1.165, 1.54) is 13.0 Å². The summed E-state index contributed by atoms with van der Waals surface area (Å²) in [5.41, 5.74) is 1.63. The van der Waals surface area contributed by atoms with E-state index < -0.39 is 10.0 Å². The van der Waals surface area contributed by atoms with Crippen molar-refractivity contribution in [2.24, 2.45) is 0 Å². The maximum atomic E-state index is 12.7. The molecule has 2 aliphatic rings. The third-order valence-corrected chi connectivity index (χ3v) is 7.42. The molecule has 2 atom stereocenters. The van der Waals surface area contributed by atoms with Crippen LogP contribution < -0.4 is 9.62 Å². The molecule has 0 spiro atoms. The van der Waals surface area contributed by atoms with Crippen molar-refractivity contribution in [3.63, 3.8) is 0 Å². The standard InChI is InChI=1S/C21H31N3O4S/c1-4-18-7-5-6-12-23(18)21(26)10-11-22-29(27,28)19-8-9-20-17(14-19)13-15(2)24(20)16(3)25/h8-9,14-15,18,22H,4-7,10-13H2,1-3H3/t15-,18+/m1/s1. The zero-order valence-corrected chi connectivity index (χ0v) is 18.3. The lowest BCUT2D eigenvalue weighted by molar-refractivity contribution is -0.134. The zero-order chi connectivity index (χ0) is 21.2. The number of rotatable bonds is 6. The third kappa shape index (κ3) is 4.64. The molecule has 0 aliphatic carbocycles. The molecule has 7 nitrogen and oxygen atoms in total. The first-order valence-electron chi connectivity index (χ1n) is 10.5. The minimum Gasteiger partial charge on any atom is -0.340 e. The van der Waals surface area contributed by atoms with Crippen LogP contribution in [0.4, 0.5) is 5.69 Å². The van der Waals surface area contributed by atoms with Crippen LogP contribution in [0.15, 0.2) is 23.1 Å². The molecule has 0 aromatic heterocycles. The van der Waals surface area contributed by atoms with E-state index in [9.17, 15) is 18.0 Å². The second kappa shape index (κ2) is 8.83. The number of benzene rings is 1. The van der Waals surface area contributed by atoms with Gasteiger partial charge in [0.1, 0.15) is 0 Å². The molecule has 3 rings (SSSR count). The highest BCUT2D eigenvalue weighted by Crippen LogP contribution is 2.33. The molecule has 1 saturated heterocycles. The normalized spacial score (nSPS) is 21.9. The lowest BCUT2D eigenvalue weighted by Crippen LogP contribution is -2.44. The minimum absolute atomic E-state index is 0.0131. The topological polar surface area (TPSA) is 86.8 Å². The number of nitrogens with one attached hydrogen (secondary N) is 1. The Morgan fingerprint density at radius 1 is 1.24 bits per heavy atom. The maximum Gasteiger partial charge on any atom is 0.240 e. The molecule has 2 amide bonds. The summed E-state index contributed by atoms with van der Waals surface area (Å²) >= 11 is 0. The number of carbonyl (C=O) groups is 2. The van der Waals surface area contributed by atoms with Crippen LogP contribution in [0, 0.1) is 0 Å². The molecule has 1 fully saturated rings. The average molecular weight is 422 g/mol. The van der Waals surface area contributed by atoms with E-state index in [4.69, 9.17) is 0 Å². The summed E-state index contributed by atoms with van der Waals surface area (Å²) in [6, 6.07) is 5.14. The van der Waals surface area contributed by atoms with Gasteiger partial charge in [-0.15, -0.1) is 0 Å². The second-order valence-corrected chi connectivity index (χ2v) is 9.79. The predicted molar refractivity (Wildman–Crippen MR) is 112 cm³/mol. The van der Waals surface area contributed by atoms with Crippen LogP contribution in [0.5, 0.6) is 0 Å². The molecule has 0 saturated carbocycles. The quantitative estimate of drug-likeness (QED) is 0.764. The first-order valence-corrected chi connectivity index (χ1v) is 11.9. The first-order chi connectivity index (χ1) is 13.7. The Labute approximate surface area is 173 Å². The van der Waals surface area contributed by atoms with E-state index in [-0.39, 0.29) is 41.8 Å². The number of nitrogens with zero attached hydrogens (tertiary/aromatic N) is 2. The molecule has 1 aromatic carbocycles. The van der Waals surface area contributed by atoms with Crippen molar-refractivity contribution in [3.8, 4) is 0 Å². The molecule has 160 valence electrons. The van der Waals surface area contributed by atoms with Gasteiger partial charge in [0.2, 0.25) is 21.8 Å². The number of amides is 2.